The zero-order valence-electron chi connectivity index (χ0n) is 14.6. The molecule has 134 valence electrons. The van der Waals surface area contributed by atoms with Gasteiger partial charge in [-0.2, -0.15) is 0 Å². The number of nitrogens with one attached hydrogen (secondary N) is 2. The number of aryl methyl sites for hydroxylation is 4. The maximum Gasteiger partial charge on any atom is 0.243 e. The standard InChI is InChI=1S/C18H21FN2O3S/c1-11-5-6-15(19)16(9-11)25(23,24)20-10-17(22)21-18-13(3)7-12(2)8-14(18)4/h5-9,20H,10H2,1-4H3,(H,21,22). The van der Waals surface area contributed by atoms with Gasteiger partial charge in [0.15, 0.2) is 0 Å². The first-order valence-electron chi connectivity index (χ1n) is 7.73. The average molecular weight is 364 g/mol. The van der Waals surface area contributed by atoms with Gasteiger partial charge in [-0.25, -0.2) is 17.5 Å². The molecular weight excluding hydrogens is 343 g/mol. The number of anilines is 1. The molecule has 0 aliphatic rings. The van der Waals surface area contributed by atoms with E-state index in [9.17, 15) is 17.6 Å². The molecule has 0 saturated heterocycles. The van der Waals surface area contributed by atoms with Crippen molar-refractivity contribution in [3.05, 3.63) is 58.4 Å². The number of sulfonamides is 1. The van der Waals surface area contributed by atoms with Crippen molar-refractivity contribution in [3.63, 3.8) is 0 Å². The second-order valence-electron chi connectivity index (χ2n) is 6.08. The number of hydrogen-bond acceptors (Lipinski definition) is 3. The van der Waals surface area contributed by atoms with Crippen LogP contribution in [0.4, 0.5) is 10.1 Å². The summed E-state index contributed by atoms with van der Waals surface area (Å²) in [5.74, 6) is -1.38. The molecule has 5 nitrogen and oxygen atoms in total. The van der Waals surface area contributed by atoms with Gasteiger partial charge in [0.1, 0.15) is 10.7 Å². The van der Waals surface area contributed by atoms with Crippen LogP contribution in [0.5, 0.6) is 0 Å². The summed E-state index contributed by atoms with van der Waals surface area (Å²) < 4.78 is 40.3. The first kappa shape index (κ1) is 19.1. The molecule has 0 spiro atoms. The lowest BCUT2D eigenvalue weighted by molar-refractivity contribution is -0.115. The van der Waals surface area contributed by atoms with Crippen molar-refractivity contribution < 1.29 is 17.6 Å². The summed E-state index contributed by atoms with van der Waals surface area (Å²) >= 11 is 0. The minimum absolute atomic E-state index is 0.469. The van der Waals surface area contributed by atoms with Crippen molar-refractivity contribution in [2.45, 2.75) is 32.6 Å². The number of benzene rings is 2. The van der Waals surface area contributed by atoms with E-state index in [2.05, 4.69) is 10.0 Å². The fraction of sp³-hybridized carbons (Fsp3) is 0.278. The number of rotatable bonds is 5. The van der Waals surface area contributed by atoms with Gasteiger partial charge >= 0.3 is 0 Å². The van der Waals surface area contributed by atoms with E-state index in [4.69, 9.17) is 0 Å². The molecule has 0 saturated carbocycles. The molecule has 1 amide bonds. The van der Waals surface area contributed by atoms with E-state index >= 15 is 0 Å². The van der Waals surface area contributed by atoms with Crippen LogP contribution >= 0.6 is 0 Å². The van der Waals surface area contributed by atoms with Gasteiger partial charge in [0, 0.05) is 5.69 Å². The second kappa shape index (κ2) is 7.33. The molecule has 2 aromatic carbocycles. The van der Waals surface area contributed by atoms with Crippen LogP contribution in [0, 0.1) is 33.5 Å². The average Bonchev–Trinajstić information content (AvgIpc) is 2.51. The molecule has 25 heavy (non-hydrogen) atoms. The predicted molar refractivity (Wildman–Crippen MR) is 95.6 cm³/mol. The molecule has 7 heteroatoms. The van der Waals surface area contributed by atoms with Gasteiger partial charge in [0.25, 0.3) is 0 Å². The molecule has 2 aromatic rings. The highest BCUT2D eigenvalue weighted by Gasteiger charge is 2.20. The number of halogens is 1. The first-order valence-corrected chi connectivity index (χ1v) is 9.22. The lowest BCUT2D eigenvalue weighted by Gasteiger charge is -2.13. The van der Waals surface area contributed by atoms with Crippen LogP contribution in [-0.2, 0) is 14.8 Å². The molecule has 0 fully saturated rings. The summed E-state index contributed by atoms with van der Waals surface area (Å²) in [5, 5.41) is 2.70. The Labute approximate surface area is 147 Å². The summed E-state index contributed by atoms with van der Waals surface area (Å²) in [7, 11) is -4.11. The quantitative estimate of drug-likeness (QED) is 0.856. The Kier molecular flexibility index (Phi) is 5.59. The second-order valence-corrected chi connectivity index (χ2v) is 7.82. The summed E-state index contributed by atoms with van der Waals surface area (Å²) in [6, 6.07) is 7.64. The maximum absolute atomic E-state index is 13.8. The van der Waals surface area contributed by atoms with Gasteiger partial charge in [-0.15, -0.1) is 0 Å². The van der Waals surface area contributed by atoms with E-state index in [1.165, 1.54) is 12.1 Å². The van der Waals surface area contributed by atoms with E-state index in [0.29, 0.717) is 11.3 Å². The van der Waals surface area contributed by atoms with E-state index < -0.39 is 33.2 Å². The molecule has 0 aromatic heterocycles. The highest BCUT2D eigenvalue weighted by molar-refractivity contribution is 7.89. The Morgan fingerprint density at radius 2 is 1.60 bits per heavy atom. The molecule has 0 bridgehead atoms. The van der Waals surface area contributed by atoms with Crippen LogP contribution in [0.1, 0.15) is 22.3 Å². The molecule has 0 aliphatic carbocycles. The normalized spacial score (nSPS) is 11.4. The highest BCUT2D eigenvalue weighted by Crippen LogP contribution is 2.22. The Bertz CT molecular complexity index is 901. The first-order chi connectivity index (χ1) is 11.6. The summed E-state index contributed by atoms with van der Waals surface area (Å²) in [5.41, 5.74) is 4.11. The molecular formula is C18H21FN2O3S. The Morgan fingerprint density at radius 1 is 1.00 bits per heavy atom. The van der Waals surface area contributed by atoms with Gasteiger partial charge in [0.2, 0.25) is 15.9 Å². The number of hydrogen-bond donors (Lipinski definition) is 2. The molecule has 2 N–H and O–H groups in total. The van der Waals surface area contributed by atoms with E-state index in [1.54, 1.807) is 6.92 Å². The fourth-order valence-electron chi connectivity index (χ4n) is 2.62. The monoisotopic (exact) mass is 364 g/mol. The van der Waals surface area contributed by atoms with Crippen LogP contribution in [0.3, 0.4) is 0 Å². The lowest BCUT2D eigenvalue weighted by Crippen LogP contribution is -2.33. The zero-order chi connectivity index (χ0) is 18.8. The highest BCUT2D eigenvalue weighted by atomic mass is 32.2. The molecule has 0 atom stereocenters. The van der Waals surface area contributed by atoms with Crippen molar-refractivity contribution in [1.29, 1.82) is 0 Å². The Hall–Kier alpha value is -2.25. The van der Waals surface area contributed by atoms with Gasteiger partial charge in [-0.3, -0.25) is 4.79 Å². The zero-order valence-corrected chi connectivity index (χ0v) is 15.4. The van der Waals surface area contributed by atoms with Crippen molar-refractivity contribution in [1.82, 2.24) is 4.72 Å². The molecule has 0 heterocycles. The molecule has 0 aliphatic heterocycles. The molecule has 0 radical (unpaired) electrons. The van der Waals surface area contributed by atoms with E-state index in [0.717, 1.165) is 22.8 Å². The fourth-order valence-corrected chi connectivity index (χ4v) is 3.76. The van der Waals surface area contributed by atoms with E-state index in [1.807, 2.05) is 32.9 Å². The van der Waals surface area contributed by atoms with Crippen LogP contribution < -0.4 is 10.0 Å². The van der Waals surface area contributed by atoms with Gasteiger partial charge < -0.3 is 5.32 Å². The van der Waals surface area contributed by atoms with Crippen LogP contribution in [0.15, 0.2) is 35.2 Å². The third-order valence-electron chi connectivity index (χ3n) is 3.74. The molecule has 2 rings (SSSR count). The number of carbonyl (C=O) groups excluding carboxylic acids is 1. The van der Waals surface area contributed by atoms with Crippen molar-refractivity contribution in [2.24, 2.45) is 0 Å². The predicted octanol–water partition coefficient (Wildman–Crippen LogP) is 2.98. The third-order valence-corrected chi connectivity index (χ3v) is 5.16. The topological polar surface area (TPSA) is 75.3 Å². The van der Waals surface area contributed by atoms with Crippen LogP contribution in [-0.4, -0.2) is 20.9 Å². The minimum Gasteiger partial charge on any atom is -0.324 e. The van der Waals surface area contributed by atoms with Crippen molar-refractivity contribution >= 4 is 21.6 Å². The number of carbonyl (C=O) groups is 1. The van der Waals surface area contributed by atoms with Gasteiger partial charge in [-0.05, 0) is 56.5 Å². The lowest BCUT2D eigenvalue weighted by atomic mass is 10.1. The van der Waals surface area contributed by atoms with E-state index in [-0.39, 0.29) is 0 Å². The minimum atomic E-state index is -4.11. The van der Waals surface area contributed by atoms with Crippen molar-refractivity contribution in [3.8, 4) is 0 Å². The largest absolute Gasteiger partial charge is 0.324 e. The third kappa shape index (κ3) is 4.64. The molecule has 0 unspecified atom stereocenters. The van der Waals surface area contributed by atoms with Gasteiger partial charge in [-0.1, -0.05) is 23.8 Å². The summed E-state index contributed by atoms with van der Waals surface area (Å²) in [6.07, 6.45) is 0. The van der Waals surface area contributed by atoms with Gasteiger partial charge in [0.05, 0.1) is 6.54 Å². The Morgan fingerprint density at radius 3 is 2.20 bits per heavy atom. The van der Waals surface area contributed by atoms with Crippen LogP contribution in [0.25, 0.3) is 0 Å². The Balaban J connectivity index is 2.11. The van der Waals surface area contributed by atoms with Crippen LogP contribution in [0.2, 0.25) is 0 Å². The SMILES string of the molecule is Cc1cc(C)c(NC(=O)CNS(=O)(=O)c2cc(C)ccc2F)c(C)c1. The smallest absolute Gasteiger partial charge is 0.243 e. The van der Waals surface area contributed by atoms with Crippen molar-refractivity contribution in [2.75, 3.05) is 11.9 Å². The maximum atomic E-state index is 13.8. The summed E-state index contributed by atoms with van der Waals surface area (Å²) in [4.78, 5) is 11.6. The summed E-state index contributed by atoms with van der Waals surface area (Å²) in [6.45, 7) is 6.86. The number of amides is 1.